The van der Waals surface area contributed by atoms with E-state index in [-0.39, 0.29) is 44.4 Å². The number of nitrogens with zero attached hydrogens (tertiary/aromatic N) is 6. The minimum absolute atomic E-state index is 0.0236. The second-order valence-corrected chi connectivity index (χ2v) is 11.8. The highest BCUT2D eigenvalue weighted by Crippen LogP contribution is 2.44. The number of rotatable bonds is 2. The molecular weight excluding hydrogens is 686 g/mol. The van der Waals surface area contributed by atoms with Crippen LogP contribution in [-0.2, 0) is 12.4 Å². The summed E-state index contributed by atoms with van der Waals surface area (Å²) in [4.78, 5) is 15.1. The van der Waals surface area contributed by atoms with Gasteiger partial charge in [-0.2, -0.15) is 26.3 Å². The van der Waals surface area contributed by atoms with Crippen molar-refractivity contribution >= 4 is 55.1 Å². The molecule has 8 nitrogen and oxygen atoms in total. The number of nitriles is 2. The molecule has 2 heterocycles. The highest BCUT2D eigenvalue weighted by Gasteiger charge is 2.35. The van der Waals surface area contributed by atoms with E-state index in [4.69, 9.17) is 22.0 Å². The van der Waals surface area contributed by atoms with Crippen LogP contribution in [0.25, 0.3) is 87.1 Å². The summed E-state index contributed by atoms with van der Waals surface area (Å²) in [6, 6.07) is 16.6. The first-order valence-electron chi connectivity index (χ1n) is 15.0. The van der Waals surface area contributed by atoms with Gasteiger partial charge in [-0.1, -0.05) is 23.8 Å². The Hall–Kier alpha value is -7.16. The Morgan fingerprint density at radius 3 is 1.85 bits per heavy atom. The van der Waals surface area contributed by atoms with Crippen LogP contribution in [0.1, 0.15) is 22.3 Å². The largest absolute Gasteiger partial charge is 0.445 e. The van der Waals surface area contributed by atoms with E-state index in [0.717, 1.165) is 18.2 Å². The number of aryl methyl sites for hydroxylation is 2. The van der Waals surface area contributed by atoms with Gasteiger partial charge in [0, 0.05) is 21.9 Å². The summed E-state index contributed by atoms with van der Waals surface area (Å²) in [6.45, 7) is 17.8. The zero-order valence-corrected chi connectivity index (χ0v) is 26.5. The molecule has 0 spiro atoms. The minimum atomic E-state index is -4.77. The Balaban J connectivity index is 1.66. The number of oxazole rings is 2. The van der Waals surface area contributed by atoms with Gasteiger partial charge in [0.05, 0.1) is 36.4 Å². The van der Waals surface area contributed by atoms with Crippen LogP contribution in [0.5, 0.6) is 0 Å². The van der Waals surface area contributed by atoms with Gasteiger partial charge in [-0.3, -0.25) is 0 Å². The normalized spacial score (nSPS) is 13.2. The van der Waals surface area contributed by atoms with E-state index in [9.17, 15) is 36.9 Å². The van der Waals surface area contributed by atoms with E-state index >= 15 is 0 Å². The van der Waals surface area contributed by atoms with Crippen LogP contribution in [0.4, 0.5) is 26.3 Å². The Morgan fingerprint density at radius 1 is 0.654 bits per heavy atom. The number of benzene rings is 5. The van der Waals surface area contributed by atoms with Crippen molar-refractivity contribution in [2.45, 2.75) is 26.2 Å². The molecule has 0 aliphatic carbocycles. The van der Waals surface area contributed by atoms with E-state index < -0.39 is 40.4 Å². The highest BCUT2D eigenvalue weighted by molar-refractivity contribution is 6.19. The third-order valence-electron chi connectivity index (χ3n) is 8.53. The second kappa shape index (κ2) is 11.7. The molecule has 0 fully saturated rings. The molecule has 0 bridgehead atoms. The van der Waals surface area contributed by atoms with Gasteiger partial charge in [0.2, 0.25) is 11.1 Å². The summed E-state index contributed by atoms with van der Waals surface area (Å²) >= 11 is 0. The van der Waals surface area contributed by atoms with Gasteiger partial charge in [0.1, 0.15) is 11.0 Å². The summed E-state index contributed by atoms with van der Waals surface area (Å²) in [5.74, 6) is 0. The van der Waals surface area contributed by atoms with Crippen molar-refractivity contribution in [2.24, 2.45) is 0 Å². The predicted octanol–water partition coefficient (Wildman–Crippen LogP) is 9.37. The monoisotopic (exact) mass is 702 g/mol. The van der Waals surface area contributed by atoms with Crippen LogP contribution in [-0.4, -0.2) is 9.97 Å². The Labute approximate surface area is 288 Å². The molecule has 2 aromatic heterocycles. The highest BCUT2D eigenvalue weighted by atomic mass is 19.4. The van der Waals surface area contributed by atoms with Gasteiger partial charge in [-0.15, -0.1) is 0 Å². The predicted molar refractivity (Wildman–Crippen MR) is 177 cm³/mol. The van der Waals surface area contributed by atoms with Crippen LogP contribution in [0, 0.1) is 49.7 Å². The molecule has 0 amide bonds. The van der Waals surface area contributed by atoms with Crippen molar-refractivity contribution < 1.29 is 35.2 Å². The lowest BCUT2D eigenvalue weighted by Crippen LogP contribution is -2.07. The van der Waals surface area contributed by atoms with Gasteiger partial charge in [0.15, 0.2) is 11.2 Å². The lowest BCUT2D eigenvalue weighted by atomic mass is 9.91. The third-order valence-corrected chi connectivity index (χ3v) is 8.53. The molecule has 0 saturated heterocycles. The summed E-state index contributed by atoms with van der Waals surface area (Å²) in [6.07, 6.45) is -9.38. The van der Waals surface area contributed by atoms with Crippen molar-refractivity contribution in [3.63, 3.8) is 0 Å². The summed E-state index contributed by atoms with van der Waals surface area (Å²) < 4.78 is 95.7. The fourth-order valence-corrected chi connectivity index (χ4v) is 6.21. The van der Waals surface area contributed by atoms with Crippen LogP contribution in [0.2, 0.25) is 0 Å². The molecule has 252 valence electrons. The van der Waals surface area contributed by atoms with Gasteiger partial charge >= 0.3 is 23.7 Å². The lowest BCUT2D eigenvalue weighted by Gasteiger charge is -2.15. The maximum Gasteiger partial charge on any atom is 0.417 e. The van der Waals surface area contributed by atoms with Crippen molar-refractivity contribution in [3.05, 3.63) is 117 Å². The summed E-state index contributed by atoms with van der Waals surface area (Å²) in [5.41, 5.74) is -2.56. The van der Waals surface area contributed by atoms with Crippen molar-refractivity contribution in [2.75, 3.05) is 0 Å². The minimum Gasteiger partial charge on any atom is -0.445 e. The summed E-state index contributed by atoms with van der Waals surface area (Å²) in [5, 5.41) is 20.5. The number of hydrogen-bond acceptors (Lipinski definition) is 6. The maximum absolute atomic E-state index is 14.4. The zero-order chi connectivity index (χ0) is 37.3. The summed E-state index contributed by atoms with van der Waals surface area (Å²) in [7, 11) is 0. The molecular formula is C38H16F6N6O2. The zero-order valence-electron chi connectivity index (χ0n) is 26.5. The van der Waals surface area contributed by atoms with Gasteiger partial charge in [-0.25, -0.2) is 30.2 Å². The number of aromatic nitrogens is 2. The van der Waals surface area contributed by atoms with Crippen molar-refractivity contribution in [1.29, 1.82) is 10.5 Å². The smallest absolute Gasteiger partial charge is 0.417 e. The van der Waals surface area contributed by atoms with E-state index in [2.05, 4.69) is 19.7 Å². The Bertz CT molecular complexity index is 2980. The standard InChI is InChI=1S/C38H16F6N6O2/c1-17-5-7-23(28(9-17)38(42,43)44)27-13-19-11-20-12-26(22-8-6-21(10-18(22)2)37(39,40)41)32-33(51-36(50-32)30(16-46)48-4)25(20)14-24(19)31-34(27)52-35(49-31)29(15-45)47-3/h5-14H,1-2H3/b35-29-,36-30-. The molecule has 7 rings (SSSR count). The first-order valence-corrected chi connectivity index (χ1v) is 15.0. The lowest BCUT2D eigenvalue weighted by molar-refractivity contribution is -0.138. The van der Waals surface area contributed by atoms with Crippen LogP contribution >= 0.6 is 0 Å². The third kappa shape index (κ3) is 5.31. The molecule has 0 aliphatic heterocycles. The molecule has 0 aliphatic rings. The van der Waals surface area contributed by atoms with Gasteiger partial charge in [-0.05, 0) is 83.8 Å². The molecule has 0 radical (unpaired) electrons. The Morgan fingerprint density at radius 2 is 1.25 bits per heavy atom. The van der Waals surface area contributed by atoms with Gasteiger partial charge in [0.25, 0.3) is 0 Å². The average molecular weight is 703 g/mol. The SMILES string of the molecule is [C-]#[N+]/C(C#N)=c1/nc2c(o1)c(-c1ccc(C)cc1C(F)(F)F)cc1cc3cc(-c4ccc(C(F)(F)F)cc4C)c4n/c(=C(\C#N)[N+]#[C-])oc4c3cc12. The van der Waals surface area contributed by atoms with E-state index in [1.54, 1.807) is 30.3 Å². The number of hydrogen-bond donors (Lipinski definition) is 0. The second-order valence-electron chi connectivity index (χ2n) is 11.8. The number of alkyl halides is 6. The molecule has 0 atom stereocenters. The molecule has 0 N–H and O–H groups in total. The van der Waals surface area contributed by atoms with Gasteiger partial charge < -0.3 is 8.83 Å². The van der Waals surface area contributed by atoms with E-state index in [1.165, 1.54) is 38.1 Å². The van der Waals surface area contributed by atoms with E-state index in [0.29, 0.717) is 38.2 Å². The number of halogens is 6. The van der Waals surface area contributed by atoms with Crippen LogP contribution < -0.4 is 11.1 Å². The fourth-order valence-electron chi connectivity index (χ4n) is 6.21. The molecule has 0 unspecified atom stereocenters. The van der Waals surface area contributed by atoms with Crippen molar-refractivity contribution in [1.82, 2.24) is 9.97 Å². The maximum atomic E-state index is 14.4. The fraction of sp³-hybridized carbons (Fsp3) is 0.105. The van der Waals surface area contributed by atoms with Crippen LogP contribution in [0.15, 0.2) is 69.5 Å². The first-order chi connectivity index (χ1) is 24.7. The molecule has 52 heavy (non-hydrogen) atoms. The number of fused-ring (bicyclic) bond motifs is 6. The van der Waals surface area contributed by atoms with Crippen molar-refractivity contribution in [3.8, 4) is 34.4 Å². The molecule has 0 saturated carbocycles. The first kappa shape index (κ1) is 33.3. The molecule has 14 heteroatoms. The van der Waals surface area contributed by atoms with Crippen LogP contribution in [0.3, 0.4) is 0 Å². The molecule has 5 aromatic carbocycles. The van der Waals surface area contributed by atoms with E-state index in [1.807, 2.05) is 0 Å². The molecule has 7 aromatic rings. The Kier molecular flexibility index (Phi) is 7.52. The quantitative estimate of drug-likeness (QED) is 0.101. The topological polar surface area (TPSA) is 108 Å². The average Bonchev–Trinajstić information content (AvgIpc) is 3.74.